The Balaban J connectivity index is 1.70. The molecule has 2 aromatic heterocycles. The summed E-state index contributed by atoms with van der Waals surface area (Å²) in [6, 6.07) is 3.61. The largest absolute Gasteiger partial charge is 0.463 e. The number of carbonyl (C=O) groups excluding carboxylic acids is 1. The minimum Gasteiger partial charge on any atom is -0.463 e. The molecule has 104 valence electrons. The van der Waals surface area contributed by atoms with Gasteiger partial charge in [-0.3, -0.25) is 9.78 Å². The van der Waals surface area contributed by atoms with Gasteiger partial charge in [0.25, 0.3) is 0 Å². The SMILES string of the molecule is O=C(NCc1nccnc1-c1ccco1)[C@@H]1CCOC1. The van der Waals surface area contributed by atoms with Crippen LogP contribution in [0.25, 0.3) is 11.5 Å². The highest BCUT2D eigenvalue weighted by Crippen LogP contribution is 2.20. The normalized spacial score (nSPS) is 18.1. The summed E-state index contributed by atoms with van der Waals surface area (Å²) in [6.45, 7) is 1.48. The van der Waals surface area contributed by atoms with E-state index in [-0.39, 0.29) is 11.8 Å². The van der Waals surface area contributed by atoms with Crippen LogP contribution in [-0.4, -0.2) is 29.1 Å². The van der Waals surface area contributed by atoms with Crippen molar-refractivity contribution in [2.75, 3.05) is 13.2 Å². The summed E-state index contributed by atoms with van der Waals surface area (Å²) in [5, 5.41) is 2.88. The zero-order valence-corrected chi connectivity index (χ0v) is 10.9. The minimum absolute atomic E-state index is 0.00134. The average molecular weight is 273 g/mol. The predicted octanol–water partition coefficient (Wildman–Crippen LogP) is 1.39. The van der Waals surface area contributed by atoms with E-state index in [0.717, 1.165) is 6.42 Å². The summed E-state index contributed by atoms with van der Waals surface area (Å²) in [7, 11) is 0. The van der Waals surface area contributed by atoms with Gasteiger partial charge in [0.1, 0.15) is 5.69 Å². The van der Waals surface area contributed by atoms with Crippen LogP contribution in [0, 0.1) is 5.92 Å². The van der Waals surface area contributed by atoms with E-state index in [4.69, 9.17) is 9.15 Å². The predicted molar refractivity (Wildman–Crippen MR) is 70.5 cm³/mol. The number of aromatic nitrogens is 2. The van der Waals surface area contributed by atoms with Crippen LogP contribution in [0.5, 0.6) is 0 Å². The second kappa shape index (κ2) is 5.83. The molecule has 0 aromatic carbocycles. The lowest BCUT2D eigenvalue weighted by Gasteiger charge is -2.10. The van der Waals surface area contributed by atoms with Crippen LogP contribution in [0.1, 0.15) is 12.1 Å². The molecule has 0 aliphatic carbocycles. The molecule has 3 heterocycles. The second-order valence-electron chi connectivity index (χ2n) is 4.61. The molecule has 6 heteroatoms. The van der Waals surface area contributed by atoms with Gasteiger partial charge in [0.15, 0.2) is 5.76 Å². The highest BCUT2D eigenvalue weighted by atomic mass is 16.5. The van der Waals surface area contributed by atoms with Crippen molar-refractivity contribution in [3.63, 3.8) is 0 Å². The van der Waals surface area contributed by atoms with Gasteiger partial charge in [0, 0.05) is 19.0 Å². The third-order valence-corrected chi connectivity index (χ3v) is 3.26. The lowest BCUT2D eigenvalue weighted by molar-refractivity contribution is -0.125. The van der Waals surface area contributed by atoms with Gasteiger partial charge in [-0.25, -0.2) is 4.98 Å². The summed E-state index contributed by atoms with van der Waals surface area (Å²) in [4.78, 5) is 20.5. The Labute approximate surface area is 116 Å². The molecule has 1 atom stereocenters. The van der Waals surface area contributed by atoms with Crippen molar-refractivity contribution in [3.8, 4) is 11.5 Å². The van der Waals surface area contributed by atoms with E-state index in [1.54, 1.807) is 24.7 Å². The number of amides is 1. The lowest BCUT2D eigenvalue weighted by Crippen LogP contribution is -2.31. The van der Waals surface area contributed by atoms with Crippen LogP contribution in [0.15, 0.2) is 35.2 Å². The molecule has 0 radical (unpaired) electrons. The molecule has 1 N–H and O–H groups in total. The van der Waals surface area contributed by atoms with Crippen LogP contribution in [-0.2, 0) is 16.1 Å². The average Bonchev–Trinajstić information content (AvgIpc) is 3.17. The fraction of sp³-hybridized carbons (Fsp3) is 0.357. The Bertz CT molecular complexity index is 577. The van der Waals surface area contributed by atoms with Crippen LogP contribution in [0.2, 0.25) is 0 Å². The second-order valence-corrected chi connectivity index (χ2v) is 4.61. The maximum absolute atomic E-state index is 12.0. The number of carbonyl (C=O) groups is 1. The summed E-state index contributed by atoms with van der Waals surface area (Å²) >= 11 is 0. The Morgan fingerprint density at radius 1 is 1.40 bits per heavy atom. The first-order valence-electron chi connectivity index (χ1n) is 6.54. The van der Waals surface area contributed by atoms with Crippen LogP contribution in [0.4, 0.5) is 0 Å². The molecule has 1 aliphatic rings. The zero-order chi connectivity index (χ0) is 13.8. The van der Waals surface area contributed by atoms with Crippen molar-refractivity contribution < 1.29 is 13.9 Å². The quantitative estimate of drug-likeness (QED) is 0.910. The maximum atomic E-state index is 12.0. The minimum atomic E-state index is -0.0567. The summed E-state index contributed by atoms with van der Waals surface area (Å²) in [5.41, 5.74) is 1.34. The fourth-order valence-electron chi connectivity index (χ4n) is 2.17. The van der Waals surface area contributed by atoms with Gasteiger partial charge in [-0.15, -0.1) is 0 Å². The van der Waals surface area contributed by atoms with E-state index < -0.39 is 0 Å². The number of hydrogen-bond donors (Lipinski definition) is 1. The van der Waals surface area contributed by atoms with Gasteiger partial charge in [0.2, 0.25) is 5.91 Å². The number of rotatable bonds is 4. The number of furan rings is 1. The first-order chi connectivity index (χ1) is 9.84. The highest BCUT2D eigenvalue weighted by molar-refractivity contribution is 5.79. The lowest BCUT2D eigenvalue weighted by atomic mass is 10.1. The van der Waals surface area contributed by atoms with Crippen LogP contribution in [0.3, 0.4) is 0 Å². The Morgan fingerprint density at radius 3 is 3.05 bits per heavy atom. The van der Waals surface area contributed by atoms with Gasteiger partial charge < -0.3 is 14.5 Å². The topological polar surface area (TPSA) is 77.3 Å². The molecule has 1 fully saturated rings. The molecule has 3 rings (SSSR count). The molecule has 1 aliphatic heterocycles. The van der Waals surface area contributed by atoms with E-state index in [2.05, 4.69) is 15.3 Å². The third kappa shape index (κ3) is 2.70. The number of ether oxygens (including phenoxy) is 1. The van der Waals surface area contributed by atoms with Crippen LogP contribution < -0.4 is 5.32 Å². The van der Waals surface area contributed by atoms with Gasteiger partial charge in [-0.2, -0.15) is 0 Å². The molecular formula is C14H15N3O3. The van der Waals surface area contributed by atoms with E-state index in [0.29, 0.717) is 36.9 Å². The number of nitrogens with one attached hydrogen (secondary N) is 1. The van der Waals surface area contributed by atoms with Crippen molar-refractivity contribution >= 4 is 5.91 Å². The van der Waals surface area contributed by atoms with Crippen molar-refractivity contribution in [1.82, 2.24) is 15.3 Å². The molecule has 0 unspecified atom stereocenters. The summed E-state index contributed by atoms with van der Waals surface area (Å²) in [5.74, 6) is 0.587. The first-order valence-corrected chi connectivity index (χ1v) is 6.54. The molecule has 0 spiro atoms. The van der Waals surface area contributed by atoms with Crippen molar-refractivity contribution in [1.29, 1.82) is 0 Å². The number of nitrogens with zero attached hydrogens (tertiary/aromatic N) is 2. The molecule has 20 heavy (non-hydrogen) atoms. The standard InChI is InChI=1S/C14H15N3O3/c18-14(10-3-7-19-9-10)17-8-11-13(16-5-4-15-11)12-2-1-6-20-12/h1-2,4-6,10H,3,7-9H2,(H,17,18)/t10-/m1/s1. The molecule has 1 saturated heterocycles. The smallest absolute Gasteiger partial charge is 0.225 e. The molecule has 0 saturated carbocycles. The summed E-state index contributed by atoms with van der Waals surface area (Å²) in [6.07, 6.45) is 5.57. The third-order valence-electron chi connectivity index (χ3n) is 3.26. The van der Waals surface area contributed by atoms with E-state index in [9.17, 15) is 4.79 Å². The summed E-state index contributed by atoms with van der Waals surface area (Å²) < 4.78 is 10.5. The molecule has 6 nitrogen and oxygen atoms in total. The number of hydrogen-bond acceptors (Lipinski definition) is 5. The van der Waals surface area contributed by atoms with Crippen LogP contribution >= 0.6 is 0 Å². The van der Waals surface area contributed by atoms with Crippen molar-refractivity contribution in [2.45, 2.75) is 13.0 Å². The monoisotopic (exact) mass is 273 g/mol. The molecule has 0 bridgehead atoms. The Morgan fingerprint density at radius 2 is 2.30 bits per heavy atom. The van der Waals surface area contributed by atoms with Gasteiger partial charge >= 0.3 is 0 Å². The highest BCUT2D eigenvalue weighted by Gasteiger charge is 2.23. The first kappa shape index (κ1) is 12.8. The van der Waals surface area contributed by atoms with Gasteiger partial charge in [-0.05, 0) is 18.6 Å². The molecule has 2 aromatic rings. The Kier molecular flexibility index (Phi) is 3.73. The van der Waals surface area contributed by atoms with Gasteiger partial charge in [-0.1, -0.05) is 0 Å². The van der Waals surface area contributed by atoms with E-state index in [1.165, 1.54) is 0 Å². The van der Waals surface area contributed by atoms with Gasteiger partial charge in [0.05, 0.1) is 31.0 Å². The molecule has 1 amide bonds. The van der Waals surface area contributed by atoms with Crippen molar-refractivity contribution in [2.24, 2.45) is 5.92 Å². The molecular weight excluding hydrogens is 258 g/mol. The van der Waals surface area contributed by atoms with Crippen molar-refractivity contribution in [3.05, 3.63) is 36.5 Å². The zero-order valence-electron chi connectivity index (χ0n) is 10.9. The maximum Gasteiger partial charge on any atom is 0.225 e. The van der Waals surface area contributed by atoms with E-state index >= 15 is 0 Å². The fourth-order valence-corrected chi connectivity index (χ4v) is 2.17. The Hall–Kier alpha value is -2.21. The van der Waals surface area contributed by atoms with E-state index in [1.807, 2.05) is 6.07 Å².